The molecular formula is C28H29N2OS2. The number of hydroxylamine groups is 2. The highest BCUT2D eigenvalue weighted by atomic mass is 32.1. The second-order valence-corrected chi connectivity index (χ2v) is 12.4. The zero-order chi connectivity index (χ0) is 23.2. The van der Waals surface area contributed by atoms with Gasteiger partial charge in [-0.3, -0.25) is 4.98 Å². The monoisotopic (exact) mass is 473 g/mol. The third-order valence-corrected chi connectivity index (χ3v) is 9.14. The van der Waals surface area contributed by atoms with Gasteiger partial charge in [-0.05, 0) is 99.5 Å². The molecule has 1 saturated heterocycles. The summed E-state index contributed by atoms with van der Waals surface area (Å²) in [6.45, 7) is 8.28. The van der Waals surface area contributed by atoms with Gasteiger partial charge in [0.2, 0.25) is 0 Å². The third-order valence-electron chi connectivity index (χ3n) is 6.68. The van der Waals surface area contributed by atoms with Gasteiger partial charge < -0.3 is 0 Å². The maximum Gasteiger partial charge on any atom is 0.0449 e. The lowest BCUT2D eigenvalue weighted by atomic mass is 9.72. The molecule has 3 nitrogen and oxygen atoms in total. The molecule has 0 atom stereocenters. The molecule has 1 fully saturated rings. The van der Waals surface area contributed by atoms with Crippen molar-refractivity contribution < 1.29 is 5.21 Å². The van der Waals surface area contributed by atoms with Crippen molar-refractivity contribution in [2.24, 2.45) is 0 Å². The number of rotatable bonds is 4. The van der Waals surface area contributed by atoms with Gasteiger partial charge in [-0.2, -0.15) is 0 Å². The molecule has 0 spiro atoms. The summed E-state index contributed by atoms with van der Waals surface area (Å²) in [4.78, 5) is 9.26. The number of benzene rings is 1. The first kappa shape index (κ1) is 22.5. The third kappa shape index (κ3) is 4.43. The summed E-state index contributed by atoms with van der Waals surface area (Å²) in [5.74, 6) is 0.408. The molecule has 1 aromatic carbocycles. The maximum absolute atomic E-state index is 12.7. The van der Waals surface area contributed by atoms with E-state index >= 15 is 0 Å². The number of thiophene rings is 2. The Morgan fingerprint density at radius 1 is 0.697 bits per heavy atom. The highest BCUT2D eigenvalue weighted by molar-refractivity contribution is 7.25. The van der Waals surface area contributed by atoms with E-state index in [0.717, 1.165) is 12.8 Å². The number of piperidine rings is 1. The molecular weight excluding hydrogens is 444 g/mol. The van der Waals surface area contributed by atoms with E-state index in [9.17, 15) is 5.21 Å². The number of hydrogen-bond donors (Lipinski definition) is 0. The Bertz CT molecular complexity index is 1220. The summed E-state index contributed by atoms with van der Waals surface area (Å²) in [5.41, 5.74) is 3.11. The predicted molar refractivity (Wildman–Crippen MR) is 139 cm³/mol. The van der Waals surface area contributed by atoms with Crippen molar-refractivity contribution in [3.8, 4) is 30.6 Å². The summed E-state index contributed by atoms with van der Waals surface area (Å²) < 4.78 is 0. The fraction of sp³-hybridized carbons (Fsp3) is 0.321. The molecule has 0 unspecified atom stereocenters. The molecule has 0 amide bonds. The predicted octanol–water partition coefficient (Wildman–Crippen LogP) is 8.29. The Labute approximate surface area is 204 Å². The van der Waals surface area contributed by atoms with Crippen LogP contribution in [0.5, 0.6) is 0 Å². The summed E-state index contributed by atoms with van der Waals surface area (Å²) in [7, 11) is 0. The molecule has 4 aromatic rings. The summed E-state index contributed by atoms with van der Waals surface area (Å²) >= 11 is 3.66. The van der Waals surface area contributed by atoms with E-state index in [-0.39, 0.29) is 11.1 Å². The van der Waals surface area contributed by atoms with Crippen LogP contribution >= 0.6 is 22.7 Å². The quantitative estimate of drug-likeness (QED) is 0.299. The maximum atomic E-state index is 12.7. The van der Waals surface area contributed by atoms with E-state index < -0.39 is 0 Å². The van der Waals surface area contributed by atoms with Gasteiger partial charge >= 0.3 is 0 Å². The minimum atomic E-state index is -0.344. The van der Waals surface area contributed by atoms with E-state index in [1.54, 1.807) is 0 Å². The van der Waals surface area contributed by atoms with Crippen LogP contribution in [0.2, 0.25) is 0 Å². The van der Waals surface area contributed by atoms with Crippen LogP contribution in [0.15, 0.2) is 73.1 Å². The Morgan fingerprint density at radius 3 is 1.67 bits per heavy atom. The van der Waals surface area contributed by atoms with E-state index in [1.807, 2.05) is 35.1 Å². The molecule has 5 heteroatoms. The number of hydrogen-bond acceptors (Lipinski definition) is 4. The topological polar surface area (TPSA) is 36.0 Å². The average Bonchev–Trinajstić information content (AvgIpc) is 3.48. The van der Waals surface area contributed by atoms with Crippen LogP contribution in [0.3, 0.4) is 0 Å². The van der Waals surface area contributed by atoms with Crippen LogP contribution in [0.1, 0.15) is 52.0 Å². The molecule has 0 aliphatic carbocycles. The molecule has 169 valence electrons. The molecule has 1 aliphatic rings. The molecule has 4 heterocycles. The van der Waals surface area contributed by atoms with Crippen molar-refractivity contribution in [2.75, 3.05) is 0 Å². The summed E-state index contributed by atoms with van der Waals surface area (Å²) in [6, 6.07) is 22.0. The second-order valence-electron chi connectivity index (χ2n) is 10.2. The Hall–Kier alpha value is -2.31. The lowest BCUT2D eigenvalue weighted by Crippen LogP contribution is -2.57. The fourth-order valence-corrected chi connectivity index (χ4v) is 7.30. The zero-order valence-corrected chi connectivity index (χ0v) is 21.2. The van der Waals surface area contributed by atoms with Gasteiger partial charge in [0, 0.05) is 43.0 Å². The van der Waals surface area contributed by atoms with E-state index in [2.05, 4.69) is 93.3 Å². The van der Waals surface area contributed by atoms with Crippen LogP contribution in [0, 0.1) is 0 Å². The van der Waals surface area contributed by atoms with Crippen LogP contribution in [-0.4, -0.2) is 21.1 Å². The lowest BCUT2D eigenvalue weighted by Gasteiger charge is -2.50. The SMILES string of the molecule is CC1(C)CC(c2ccc(-c3ccc(-c4ccc(-c5ccncc5)s4)s3)cc2)CC(C)(C)N1[O]. The van der Waals surface area contributed by atoms with Crippen molar-refractivity contribution >= 4 is 22.7 Å². The summed E-state index contributed by atoms with van der Waals surface area (Å²) in [6.07, 6.45) is 5.46. The van der Waals surface area contributed by atoms with Crippen molar-refractivity contribution in [2.45, 2.75) is 57.5 Å². The standard InChI is InChI=1S/C28H29N2OS2/c1-27(2)17-22(18-28(3,4)30(27)31)19-5-7-20(8-6-19)23-9-11-25(32-23)26-12-10-24(33-26)21-13-15-29-16-14-21/h5-16,22H,17-18H2,1-4H3. The molecule has 1 radical (unpaired) electrons. The first-order chi connectivity index (χ1) is 15.7. The molecule has 0 bridgehead atoms. The molecule has 3 aromatic heterocycles. The highest BCUT2D eigenvalue weighted by Gasteiger charge is 2.46. The van der Waals surface area contributed by atoms with Crippen molar-refractivity contribution in [1.82, 2.24) is 10.0 Å². The van der Waals surface area contributed by atoms with E-state index in [4.69, 9.17) is 0 Å². The minimum Gasteiger partial charge on any atom is -0.265 e. The average molecular weight is 474 g/mol. The highest BCUT2D eigenvalue weighted by Crippen LogP contribution is 2.45. The van der Waals surface area contributed by atoms with E-state index in [0.29, 0.717) is 5.92 Å². The van der Waals surface area contributed by atoms with Crippen molar-refractivity contribution in [3.63, 3.8) is 0 Å². The van der Waals surface area contributed by atoms with Gasteiger partial charge in [-0.25, -0.2) is 0 Å². The molecule has 0 N–H and O–H groups in total. The fourth-order valence-electron chi connectivity index (χ4n) is 5.19. The van der Waals surface area contributed by atoms with Gasteiger partial charge in [0.05, 0.1) is 0 Å². The Morgan fingerprint density at radius 2 is 1.15 bits per heavy atom. The van der Waals surface area contributed by atoms with Crippen molar-refractivity contribution in [1.29, 1.82) is 0 Å². The minimum absolute atomic E-state index is 0.344. The first-order valence-corrected chi connectivity index (χ1v) is 13.0. The van der Waals surface area contributed by atoms with Crippen LogP contribution in [-0.2, 0) is 5.21 Å². The number of pyridine rings is 1. The number of aromatic nitrogens is 1. The van der Waals surface area contributed by atoms with Gasteiger partial charge in [0.15, 0.2) is 0 Å². The first-order valence-electron chi connectivity index (χ1n) is 11.4. The van der Waals surface area contributed by atoms with Gasteiger partial charge in [-0.15, -0.1) is 32.9 Å². The largest absolute Gasteiger partial charge is 0.265 e. The van der Waals surface area contributed by atoms with E-state index in [1.165, 1.54) is 41.3 Å². The van der Waals surface area contributed by atoms with Gasteiger partial charge in [0.1, 0.15) is 0 Å². The van der Waals surface area contributed by atoms with Gasteiger partial charge in [-0.1, -0.05) is 24.3 Å². The molecule has 0 saturated carbocycles. The van der Waals surface area contributed by atoms with Crippen LogP contribution < -0.4 is 0 Å². The normalized spacial score (nSPS) is 18.5. The second kappa shape index (κ2) is 8.48. The zero-order valence-electron chi connectivity index (χ0n) is 19.5. The van der Waals surface area contributed by atoms with Crippen molar-refractivity contribution in [3.05, 3.63) is 78.6 Å². The van der Waals surface area contributed by atoms with Crippen LogP contribution in [0.25, 0.3) is 30.6 Å². The summed E-state index contributed by atoms with van der Waals surface area (Å²) in [5, 5.41) is 14.0. The van der Waals surface area contributed by atoms with Crippen LogP contribution in [0.4, 0.5) is 0 Å². The smallest absolute Gasteiger partial charge is 0.0449 e. The molecule has 5 rings (SSSR count). The lowest BCUT2D eigenvalue weighted by molar-refractivity contribution is -0.289. The molecule has 1 aliphatic heterocycles. The van der Waals surface area contributed by atoms with Gasteiger partial charge in [0.25, 0.3) is 0 Å². The Kier molecular flexibility index (Phi) is 5.78. The number of nitrogens with zero attached hydrogens (tertiary/aromatic N) is 2. The Balaban J connectivity index is 1.35. The molecule has 33 heavy (non-hydrogen) atoms.